The SMILES string of the molecule is Cc1cc(C(=O)c2c(C)cccc2N)sc1Cl. The zero-order valence-corrected chi connectivity index (χ0v) is 11.2. The molecule has 0 spiro atoms. The van der Waals surface area contributed by atoms with Gasteiger partial charge in [-0.1, -0.05) is 23.7 Å². The minimum atomic E-state index is -0.0550. The van der Waals surface area contributed by atoms with Gasteiger partial charge >= 0.3 is 0 Å². The summed E-state index contributed by atoms with van der Waals surface area (Å²) in [7, 11) is 0. The first-order chi connectivity index (χ1) is 8.00. The number of aryl methyl sites for hydroxylation is 2. The van der Waals surface area contributed by atoms with Crippen LogP contribution >= 0.6 is 22.9 Å². The molecule has 1 aromatic carbocycles. The Kier molecular flexibility index (Phi) is 3.22. The predicted octanol–water partition coefficient (Wildman–Crippen LogP) is 3.83. The van der Waals surface area contributed by atoms with E-state index in [1.54, 1.807) is 12.1 Å². The maximum absolute atomic E-state index is 12.3. The van der Waals surface area contributed by atoms with E-state index in [0.717, 1.165) is 11.1 Å². The third kappa shape index (κ3) is 2.21. The van der Waals surface area contributed by atoms with E-state index in [9.17, 15) is 4.79 Å². The van der Waals surface area contributed by atoms with Crippen LogP contribution in [-0.2, 0) is 0 Å². The molecule has 2 aromatic rings. The van der Waals surface area contributed by atoms with Crippen molar-refractivity contribution in [3.05, 3.63) is 50.2 Å². The number of hydrogen-bond acceptors (Lipinski definition) is 3. The molecule has 0 aliphatic heterocycles. The van der Waals surface area contributed by atoms with E-state index < -0.39 is 0 Å². The Bertz CT molecular complexity index is 549. The fourth-order valence-corrected chi connectivity index (χ4v) is 2.84. The summed E-state index contributed by atoms with van der Waals surface area (Å²) in [4.78, 5) is 13.0. The van der Waals surface area contributed by atoms with Crippen molar-refractivity contribution in [1.82, 2.24) is 0 Å². The monoisotopic (exact) mass is 265 g/mol. The molecule has 0 aliphatic rings. The molecule has 4 heteroatoms. The second-order valence-corrected chi connectivity index (χ2v) is 5.59. The Morgan fingerprint density at radius 1 is 1.29 bits per heavy atom. The molecule has 2 N–H and O–H groups in total. The Hall–Kier alpha value is -1.32. The number of halogens is 1. The molecule has 1 heterocycles. The third-order valence-electron chi connectivity index (χ3n) is 2.61. The number of carbonyl (C=O) groups excluding carboxylic acids is 1. The van der Waals surface area contributed by atoms with Gasteiger partial charge in [0, 0.05) is 11.3 Å². The van der Waals surface area contributed by atoms with Gasteiger partial charge in [0.25, 0.3) is 0 Å². The number of carbonyl (C=O) groups is 1. The standard InChI is InChI=1S/C13H12ClNOS/c1-7-4-3-5-9(15)11(7)12(16)10-6-8(2)13(14)17-10/h3-6H,15H2,1-2H3. The van der Waals surface area contributed by atoms with Gasteiger partial charge in [-0.05, 0) is 37.1 Å². The van der Waals surface area contributed by atoms with E-state index in [1.165, 1.54) is 11.3 Å². The molecular weight excluding hydrogens is 254 g/mol. The van der Waals surface area contributed by atoms with Gasteiger partial charge in [-0.3, -0.25) is 4.79 Å². The minimum Gasteiger partial charge on any atom is -0.398 e. The van der Waals surface area contributed by atoms with Gasteiger partial charge in [0.1, 0.15) is 0 Å². The van der Waals surface area contributed by atoms with E-state index in [0.29, 0.717) is 20.5 Å². The van der Waals surface area contributed by atoms with Crippen LogP contribution in [0, 0.1) is 13.8 Å². The highest BCUT2D eigenvalue weighted by molar-refractivity contribution is 7.18. The number of benzene rings is 1. The molecular formula is C13H12ClNOS. The smallest absolute Gasteiger partial charge is 0.205 e. The van der Waals surface area contributed by atoms with Crippen molar-refractivity contribution in [2.45, 2.75) is 13.8 Å². The van der Waals surface area contributed by atoms with Gasteiger partial charge in [0.2, 0.25) is 5.78 Å². The van der Waals surface area contributed by atoms with Crippen molar-refractivity contribution in [2.75, 3.05) is 5.73 Å². The summed E-state index contributed by atoms with van der Waals surface area (Å²) >= 11 is 7.27. The average molecular weight is 266 g/mol. The van der Waals surface area contributed by atoms with Crippen LogP contribution in [0.5, 0.6) is 0 Å². The molecule has 88 valence electrons. The first-order valence-electron chi connectivity index (χ1n) is 5.16. The zero-order chi connectivity index (χ0) is 12.6. The lowest BCUT2D eigenvalue weighted by atomic mass is 10.0. The van der Waals surface area contributed by atoms with Crippen molar-refractivity contribution in [3.63, 3.8) is 0 Å². The number of nitrogen functional groups attached to an aromatic ring is 1. The molecule has 0 saturated heterocycles. The summed E-state index contributed by atoms with van der Waals surface area (Å²) in [6, 6.07) is 7.27. The highest BCUT2D eigenvalue weighted by atomic mass is 35.5. The highest BCUT2D eigenvalue weighted by Gasteiger charge is 2.17. The largest absolute Gasteiger partial charge is 0.398 e. The summed E-state index contributed by atoms with van der Waals surface area (Å²) in [5.41, 5.74) is 8.75. The summed E-state index contributed by atoms with van der Waals surface area (Å²) in [6.07, 6.45) is 0. The van der Waals surface area contributed by atoms with Crippen LogP contribution in [0.25, 0.3) is 0 Å². The van der Waals surface area contributed by atoms with Crippen molar-refractivity contribution >= 4 is 34.4 Å². The molecule has 2 rings (SSSR count). The van der Waals surface area contributed by atoms with Crippen LogP contribution in [0.3, 0.4) is 0 Å². The highest BCUT2D eigenvalue weighted by Crippen LogP contribution is 2.30. The van der Waals surface area contributed by atoms with E-state index in [4.69, 9.17) is 17.3 Å². The lowest BCUT2D eigenvalue weighted by molar-refractivity contribution is 0.104. The molecule has 0 fully saturated rings. The van der Waals surface area contributed by atoms with Crippen molar-refractivity contribution in [1.29, 1.82) is 0 Å². The quantitative estimate of drug-likeness (QED) is 0.662. The van der Waals surface area contributed by atoms with Gasteiger partial charge < -0.3 is 5.73 Å². The Morgan fingerprint density at radius 2 is 2.00 bits per heavy atom. The van der Waals surface area contributed by atoms with Gasteiger partial charge in [-0.15, -0.1) is 11.3 Å². The predicted molar refractivity (Wildman–Crippen MR) is 73.1 cm³/mol. The maximum atomic E-state index is 12.3. The molecule has 2 nitrogen and oxygen atoms in total. The van der Waals surface area contributed by atoms with Crippen LogP contribution in [0.15, 0.2) is 24.3 Å². The van der Waals surface area contributed by atoms with Crippen LogP contribution in [0.1, 0.15) is 26.4 Å². The van der Waals surface area contributed by atoms with Gasteiger partial charge in [-0.2, -0.15) is 0 Å². The summed E-state index contributed by atoms with van der Waals surface area (Å²) in [5, 5.41) is 0. The fourth-order valence-electron chi connectivity index (χ4n) is 1.70. The maximum Gasteiger partial charge on any atom is 0.205 e. The van der Waals surface area contributed by atoms with E-state index in [-0.39, 0.29) is 5.78 Å². The van der Waals surface area contributed by atoms with Crippen LogP contribution in [0.4, 0.5) is 5.69 Å². The molecule has 0 amide bonds. The minimum absolute atomic E-state index is 0.0550. The van der Waals surface area contributed by atoms with Crippen LogP contribution < -0.4 is 5.73 Å². The van der Waals surface area contributed by atoms with Crippen molar-refractivity contribution in [2.24, 2.45) is 0 Å². The Balaban J connectivity index is 2.51. The second kappa shape index (κ2) is 4.51. The first-order valence-corrected chi connectivity index (χ1v) is 6.36. The lowest BCUT2D eigenvalue weighted by Crippen LogP contribution is -2.05. The summed E-state index contributed by atoms with van der Waals surface area (Å²) < 4.78 is 0.653. The molecule has 0 atom stereocenters. The molecule has 0 saturated carbocycles. The number of hydrogen-bond donors (Lipinski definition) is 1. The zero-order valence-electron chi connectivity index (χ0n) is 9.58. The van der Waals surface area contributed by atoms with E-state index in [2.05, 4.69) is 0 Å². The number of rotatable bonds is 2. The number of anilines is 1. The topological polar surface area (TPSA) is 43.1 Å². The average Bonchev–Trinajstić information content (AvgIpc) is 2.59. The van der Waals surface area contributed by atoms with E-state index >= 15 is 0 Å². The number of ketones is 1. The summed E-state index contributed by atoms with van der Waals surface area (Å²) in [6.45, 7) is 3.77. The van der Waals surface area contributed by atoms with E-state index in [1.807, 2.05) is 26.0 Å². The Labute approximate surface area is 109 Å². The van der Waals surface area contributed by atoms with Crippen molar-refractivity contribution in [3.8, 4) is 0 Å². The molecule has 0 radical (unpaired) electrons. The van der Waals surface area contributed by atoms with Gasteiger partial charge in [-0.25, -0.2) is 0 Å². The van der Waals surface area contributed by atoms with Gasteiger partial charge in [0.05, 0.1) is 9.21 Å². The molecule has 0 aliphatic carbocycles. The molecule has 0 bridgehead atoms. The summed E-state index contributed by atoms with van der Waals surface area (Å²) in [5.74, 6) is -0.0550. The molecule has 0 unspecified atom stereocenters. The number of nitrogens with two attached hydrogens (primary N) is 1. The number of thiophene rings is 1. The lowest BCUT2D eigenvalue weighted by Gasteiger charge is -2.06. The second-order valence-electron chi connectivity index (χ2n) is 3.94. The fraction of sp³-hybridized carbons (Fsp3) is 0.154. The molecule has 17 heavy (non-hydrogen) atoms. The first kappa shape index (κ1) is 12.1. The van der Waals surface area contributed by atoms with Gasteiger partial charge in [0.15, 0.2) is 0 Å². The van der Waals surface area contributed by atoms with Crippen molar-refractivity contribution < 1.29 is 4.79 Å². The van der Waals surface area contributed by atoms with Crippen LogP contribution in [0.2, 0.25) is 4.34 Å². The molecule has 1 aromatic heterocycles. The normalized spacial score (nSPS) is 10.5. The van der Waals surface area contributed by atoms with Crippen LogP contribution in [-0.4, -0.2) is 5.78 Å². The Morgan fingerprint density at radius 3 is 2.53 bits per heavy atom. The third-order valence-corrected chi connectivity index (χ3v) is 4.17.